The van der Waals surface area contributed by atoms with Crippen molar-refractivity contribution in [2.24, 2.45) is 40.4 Å². The first kappa shape index (κ1) is 17.7. The molecule has 0 aromatic rings. The second-order valence-corrected chi connectivity index (χ2v) is 9.86. The third kappa shape index (κ3) is 2.39. The van der Waals surface area contributed by atoms with Crippen LogP contribution in [-0.4, -0.2) is 34.5 Å². The zero-order chi connectivity index (χ0) is 18.0. The SMILES string of the molecule is C[C@]12CCC(O)C[C@@H]1CC[C@H]1[C@@H]3CC[C@H](C(=O)CO)[C@@]3(C)CC(=O)[C@@H]12. The molecule has 0 radical (unpaired) electrons. The van der Waals surface area contributed by atoms with Crippen LogP contribution in [0.3, 0.4) is 0 Å². The maximum absolute atomic E-state index is 13.3. The van der Waals surface area contributed by atoms with Crippen LogP contribution in [0, 0.1) is 40.4 Å². The molecule has 0 saturated heterocycles. The molecule has 0 spiro atoms. The minimum atomic E-state index is -0.396. The number of rotatable bonds is 2. The number of carbonyl (C=O) groups excluding carboxylic acids is 2. The van der Waals surface area contributed by atoms with Gasteiger partial charge in [-0.1, -0.05) is 13.8 Å². The number of fused-ring (bicyclic) bond motifs is 5. The summed E-state index contributed by atoms with van der Waals surface area (Å²) in [7, 11) is 0. The Morgan fingerprint density at radius 2 is 1.88 bits per heavy atom. The smallest absolute Gasteiger partial charge is 0.161 e. The molecule has 0 heterocycles. The molecule has 2 N–H and O–H groups in total. The second kappa shape index (κ2) is 5.88. The van der Waals surface area contributed by atoms with Gasteiger partial charge in [-0.3, -0.25) is 9.59 Å². The molecule has 4 aliphatic carbocycles. The average molecular weight is 348 g/mol. The minimum absolute atomic E-state index is 0.0274. The van der Waals surface area contributed by atoms with E-state index < -0.39 is 6.61 Å². The molecule has 8 atom stereocenters. The van der Waals surface area contributed by atoms with E-state index in [1.807, 2.05) is 0 Å². The number of Topliss-reactive ketones (excluding diaryl/α,β-unsaturated/α-hetero) is 2. The topological polar surface area (TPSA) is 74.6 Å². The fourth-order valence-electron chi connectivity index (χ4n) is 7.69. The van der Waals surface area contributed by atoms with Gasteiger partial charge < -0.3 is 10.2 Å². The van der Waals surface area contributed by atoms with Crippen molar-refractivity contribution in [2.75, 3.05) is 6.61 Å². The maximum atomic E-state index is 13.3. The van der Waals surface area contributed by atoms with Crippen molar-refractivity contribution < 1.29 is 19.8 Å². The summed E-state index contributed by atoms with van der Waals surface area (Å²) >= 11 is 0. The molecule has 0 aromatic carbocycles. The van der Waals surface area contributed by atoms with Gasteiger partial charge in [-0.25, -0.2) is 0 Å². The van der Waals surface area contributed by atoms with Gasteiger partial charge in [-0.05, 0) is 73.5 Å². The second-order valence-electron chi connectivity index (χ2n) is 9.86. The first-order chi connectivity index (χ1) is 11.8. The van der Waals surface area contributed by atoms with Crippen LogP contribution >= 0.6 is 0 Å². The van der Waals surface area contributed by atoms with E-state index in [1.54, 1.807) is 0 Å². The van der Waals surface area contributed by atoms with E-state index in [0.717, 1.165) is 44.9 Å². The molecule has 0 amide bonds. The summed E-state index contributed by atoms with van der Waals surface area (Å²) in [6.07, 6.45) is 6.93. The Morgan fingerprint density at radius 3 is 2.60 bits per heavy atom. The van der Waals surface area contributed by atoms with Crippen molar-refractivity contribution in [1.29, 1.82) is 0 Å². The van der Waals surface area contributed by atoms with Crippen molar-refractivity contribution in [3.8, 4) is 0 Å². The summed E-state index contributed by atoms with van der Waals surface area (Å²) < 4.78 is 0. The zero-order valence-electron chi connectivity index (χ0n) is 15.5. The van der Waals surface area contributed by atoms with Gasteiger partial charge in [0.15, 0.2) is 5.78 Å². The zero-order valence-corrected chi connectivity index (χ0v) is 15.5. The van der Waals surface area contributed by atoms with Crippen LogP contribution in [0.1, 0.15) is 65.2 Å². The molecule has 140 valence electrons. The fraction of sp³-hybridized carbons (Fsp3) is 0.905. The lowest BCUT2D eigenvalue weighted by Gasteiger charge is -2.59. The number of carbonyl (C=O) groups is 2. The van der Waals surface area contributed by atoms with E-state index >= 15 is 0 Å². The van der Waals surface area contributed by atoms with Gasteiger partial charge >= 0.3 is 0 Å². The molecule has 4 saturated carbocycles. The van der Waals surface area contributed by atoms with Gasteiger partial charge in [0.2, 0.25) is 0 Å². The standard InChI is InChI=1S/C21H32O4/c1-20-8-7-13(23)9-12(20)3-4-14-15-5-6-16(18(25)11-22)21(15,2)10-17(24)19(14)20/h12-16,19,22-23H,3-11H2,1-2H3/t12-,13?,14-,15-,16+,19+,20-,21-/m0/s1. The molecule has 4 heteroatoms. The summed E-state index contributed by atoms with van der Waals surface area (Å²) in [4.78, 5) is 25.6. The molecule has 0 aromatic heterocycles. The van der Waals surface area contributed by atoms with Gasteiger partial charge in [0.05, 0.1) is 6.10 Å². The highest BCUT2D eigenvalue weighted by Crippen LogP contribution is 2.66. The van der Waals surface area contributed by atoms with E-state index in [9.17, 15) is 19.8 Å². The first-order valence-electron chi connectivity index (χ1n) is 10.2. The molecule has 25 heavy (non-hydrogen) atoms. The average Bonchev–Trinajstić information content (AvgIpc) is 2.91. The largest absolute Gasteiger partial charge is 0.393 e. The van der Waals surface area contributed by atoms with Crippen LogP contribution in [0.25, 0.3) is 0 Å². The van der Waals surface area contributed by atoms with Crippen molar-refractivity contribution in [3.05, 3.63) is 0 Å². The molecular formula is C21H32O4. The highest BCUT2D eigenvalue weighted by Gasteiger charge is 2.63. The molecule has 0 bridgehead atoms. The van der Waals surface area contributed by atoms with Crippen LogP contribution in [0.5, 0.6) is 0 Å². The molecule has 4 aliphatic rings. The third-order valence-corrected chi connectivity index (χ3v) is 8.87. The highest BCUT2D eigenvalue weighted by atomic mass is 16.3. The normalized spacial score (nSPS) is 52.2. The van der Waals surface area contributed by atoms with Crippen LogP contribution < -0.4 is 0 Å². The summed E-state index contributed by atoms with van der Waals surface area (Å²) in [6, 6.07) is 0. The van der Waals surface area contributed by atoms with E-state index in [-0.39, 0.29) is 34.6 Å². The van der Waals surface area contributed by atoms with Gasteiger partial charge in [0.25, 0.3) is 0 Å². The Hall–Kier alpha value is -0.740. The number of aliphatic hydroxyl groups is 2. The lowest BCUT2D eigenvalue weighted by atomic mass is 9.44. The first-order valence-corrected chi connectivity index (χ1v) is 10.2. The summed E-state index contributed by atoms with van der Waals surface area (Å²) in [6.45, 7) is 4.04. The van der Waals surface area contributed by atoms with Gasteiger partial charge in [-0.15, -0.1) is 0 Å². The third-order valence-electron chi connectivity index (χ3n) is 8.87. The van der Waals surface area contributed by atoms with Crippen molar-refractivity contribution >= 4 is 11.6 Å². The Bertz CT molecular complexity index is 586. The van der Waals surface area contributed by atoms with Crippen LogP contribution in [0.2, 0.25) is 0 Å². The van der Waals surface area contributed by atoms with E-state index in [1.165, 1.54) is 0 Å². The predicted molar refractivity (Wildman–Crippen MR) is 93.7 cm³/mol. The lowest BCUT2D eigenvalue weighted by Crippen LogP contribution is -2.58. The Balaban J connectivity index is 1.66. The Labute approximate surface area is 150 Å². The molecule has 4 rings (SSSR count). The van der Waals surface area contributed by atoms with Crippen LogP contribution in [0.4, 0.5) is 0 Å². The molecule has 0 aliphatic heterocycles. The van der Waals surface area contributed by atoms with Crippen molar-refractivity contribution in [2.45, 2.75) is 71.3 Å². The highest BCUT2D eigenvalue weighted by molar-refractivity contribution is 5.88. The number of hydrogen-bond acceptors (Lipinski definition) is 4. The van der Waals surface area contributed by atoms with Gasteiger partial charge in [0, 0.05) is 18.3 Å². The molecule has 4 nitrogen and oxygen atoms in total. The Kier molecular flexibility index (Phi) is 4.16. The maximum Gasteiger partial charge on any atom is 0.161 e. The number of hydrogen-bond donors (Lipinski definition) is 2. The van der Waals surface area contributed by atoms with Crippen molar-refractivity contribution in [1.82, 2.24) is 0 Å². The van der Waals surface area contributed by atoms with Crippen molar-refractivity contribution in [3.63, 3.8) is 0 Å². The monoisotopic (exact) mass is 348 g/mol. The van der Waals surface area contributed by atoms with Gasteiger partial charge in [-0.2, -0.15) is 0 Å². The number of aliphatic hydroxyl groups excluding tert-OH is 2. The van der Waals surface area contributed by atoms with Crippen LogP contribution in [-0.2, 0) is 9.59 Å². The van der Waals surface area contributed by atoms with E-state index in [0.29, 0.717) is 30.0 Å². The summed E-state index contributed by atoms with van der Waals surface area (Å²) in [5.41, 5.74) is -0.227. The van der Waals surface area contributed by atoms with Gasteiger partial charge in [0.1, 0.15) is 12.4 Å². The molecule has 4 fully saturated rings. The summed E-state index contributed by atoms with van der Waals surface area (Å²) in [5, 5.41) is 19.5. The summed E-state index contributed by atoms with van der Waals surface area (Å²) in [5.74, 6) is 1.52. The molecule has 1 unspecified atom stereocenters. The minimum Gasteiger partial charge on any atom is -0.393 e. The molecular weight excluding hydrogens is 316 g/mol. The fourth-order valence-corrected chi connectivity index (χ4v) is 7.69. The predicted octanol–water partition coefficient (Wildman–Crippen LogP) is 2.75. The lowest BCUT2D eigenvalue weighted by molar-refractivity contribution is -0.162. The quantitative estimate of drug-likeness (QED) is 0.805. The van der Waals surface area contributed by atoms with Crippen LogP contribution in [0.15, 0.2) is 0 Å². The Morgan fingerprint density at radius 1 is 1.12 bits per heavy atom. The number of ketones is 2. The van der Waals surface area contributed by atoms with E-state index in [4.69, 9.17) is 0 Å². The van der Waals surface area contributed by atoms with E-state index in [2.05, 4.69) is 13.8 Å².